The maximum atomic E-state index is 11.2. The van der Waals surface area contributed by atoms with Gasteiger partial charge in [-0.25, -0.2) is 9.59 Å². The summed E-state index contributed by atoms with van der Waals surface area (Å²) in [6.07, 6.45) is 0.703. The van der Waals surface area contributed by atoms with Crippen LogP contribution in [0.15, 0.2) is 22.5 Å². The van der Waals surface area contributed by atoms with Crippen molar-refractivity contribution in [1.82, 2.24) is 0 Å². The first-order chi connectivity index (χ1) is 7.54. The number of carboxylic acid groups (broad SMARTS) is 1. The number of ether oxygens (including phenoxy) is 1. The third-order valence-corrected chi connectivity index (χ3v) is 3.09. The van der Waals surface area contributed by atoms with Crippen molar-refractivity contribution in [2.45, 2.75) is 0 Å². The Hall–Kier alpha value is -1.34. The monoisotopic (exact) mass is 305 g/mol. The van der Waals surface area contributed by atoms with Crippen molar-refractivity contribution in [3.8, 4) is 0 Å². The van der Waals surface area contributed by atoms with Crippen LogP contribution in [0.5, 0.6) is 0 Å². The van der Waals surface area contributed by atoms with Gasteiger partial charge in [-0.1, -0.05) is 12.7 Å². The number of thiophene rings is 1. The van der Waals surface area contributed by atoms with E-state index in [0.717, 1.165) is 11.3 Å². The molecular formula is C9H8BrNO4S. The van der Waals surface area contributed by atoms with Crippen molar-refractivity contribution >= 4 is 45.0 Å². The Morgan fingerprint density at radius 1 is 1.69 bits per heavy atom. The lowest BCUT2D eigenvalue weighted by atomic mass is 10.4. The lowest BCUT2D eigenvalue weighted by Gasteiger charge is -2.03. The Morgan fingerprint density at radius 2 is 2.38 bits per heavy atom. The maximum absolute atomic E-state index is 11.2. The number of carboxylic acids is 1. The van der Waals surface area contributed by atoms with Gasteiger partial charge in [-0.15, -0.1) is 11.3 Å². The SMILES string of the molecule is C=CCOC(=O)Nc1cc(Br)sc1C(=O)O. The molecule has 1 aromatic rings. The van der Waals surface area contributed by atoms with Crippen molar-refractivity contribution < 1.29 is 19.4 Å². The van der Waals surface area contributed by atoms with E-state index in [1.165, 1.54) is 12.1 Å². The second-order valence-electron chi connectivity index (χ2n) is 2.61. The Bertz CT molecular complexity index is 429. The van der Waals surface area contributed by atoms with Gasteiger partial charge < -0.3 is 9.84 Å². The van der Waals surface area contributed by atoms with Crippen LogP contribution in [0, 0.1) is 0 Å². The summed E-state index contributed by atoms with van der Waals surface area (Å²) in [6, 6.07) is 1.50. The summed E-state index contributed by atoms with van der Waals surface area (Å²) >= 11 is 4.16. The highest BCUT2D eigenvalue weighted by Crippen LogP contribution is 2.31. The molecule has 86 valence electrons. The zero-order valence-corrected chi connectivity index (χ0v) is 10.4. The summed E-state index contributed by atoms with van der Waals surface area (Å²) in [5.74, 6) is -1.10. The molecule has 1 aromatic heterocycles. The smallest absolute Gasteiger partial charge is 0.411 e. The van der Waals surface area contributed by atoms with Gasteiger partial charge >= 0.3 is 12.1 Å². The van der Waals surface area contributed by atoms with Crippen molar-refractivity contribution in [2.75, 3.05) is 11.9 Å². The van der Waals surface area contributed by atoms with E-state index in [9.17, 15) is 9.59 Å². The van der Waals surface area contributed by atoms with Gasteiger partial charge in [0.05, 0.1) is 9.47 Å². The fraction of sp³-hybridized carbons (Fsp3) is 0.111. The van der Waals surface area contributed by atoms with Gasteiger partial charge in [0.2, 0.25) is 0 Å². The van der Waals surface area contributed by atoms with Crippen LogP contribution in [-0.2, 0) is 4.74 Å². The van der Waals surface area contributed by atoms with Gasteiger partial charge in [0.15, 0.2) is 0 Å². The molecule has 0 aliphatic heterocycles. The minimum Gasteiger partial charge on any atom is -0.477 e. The summed E-state index contributed by atoms with van der Waals surface area (Å²) in [5.41, 5.74) is 0.207. The fourth-order valence-corrected chi connectivity index (χ4v) is 2.29. The first kappa shape index (κ1) is 12.7. The van der Waals surface area contributed by atoms with Crippen LogP contribution in [-0.4, -0.2) is 23.8 Å². The molecule has 0 saturated carbocycles. The average molecular weight is 306 g/mol. The third kappa shape index (κ3) is 3.35. The normalized spacial score (nSPS) is 9.56. The number of halogens is 1. The minimum atomic E-state index is -1.10. The molecule has 0 bridgehead atoms. The molecule has 1 amide bonds. The summed E-state index contributed by atoms with van der Waals surface area (Å²) in [6.45, 7) is 3.45. The summed E-state index contributed by atoms with van der Waals surface area (Å²) in [5, 5.41) is 11.2. The van der Waals surface area contributed by atoms with Gasteiger partial charge in [-0.3, -0.25) is 5.32 Å². The highest BCUT2D eigenvalue weighted by molar-refractivity contribution is 9.11. The van der Waals surface area contributed by atoms with E-state index >= 15 is 0 Å². The van der Waals surface area contributed by atoms with Crippen LogP contribution in [0.1, 0.15) is 9.67 Å². The predicted octanol–water partition coefficient (Wildman–Crippen LogP) is 2.94. The van der Waals surface area contributed by atoms with Crippen molar-refractivity contribution in [3.05, 3.63) is 27.4 Å². The first-order valence-electron chi connectivity index (χ1n) is 4.12. The number of rotatable bonds is 4. The molecule has 1 rings (SSSR count). The molecule has 0 radical (unpaired) electrons. The second kappa shape index (κ2) is 5.66. The van der Waals surface area contributed by atoms with E-state index in [1.54, 1.807) is 0 Å². The number of amides is 1. The van der Waals surface area contributed by atoms with E-state index in [1.807, 2.05) is 0 Å². The molecule has 0 fully saturated rings. The van der Waals surface area contributed by atoms with Crippen LogP contribution < -0.4 is 5.32 Å². The zero-order valence-electron chi connectivity index (χ0n) is 8.03. The summed E-state index contributed by atoms with van der Waals surface area (Å²) in [7, 11) is 0. The van der Waals surface area contributed by atoms with Gasteiger partial charge in [0, 0.05) is 0 Å². The number of carbonyl (C=O) groups is 2. The second-order valence-corrected chi connectivity index (χ2v) is 5.04. The van der Waals surface area contributed by atoms with Gasteiger partial charge in [0.25, 0.3) is 0 Å². The summed E-state index contributed by atoms with van der Waals surface area (Å²) in [4.78, 5) is 22.0. The third-order valence-electron chi connectivity index (χ3n) is 1.47. The molecule has 0 atom stereocenters. The van der Waals surface area contributed by atoms with Crippen molar-refractivity contribution in [3.63, 3.8) is 0 Å². The fourth-order valence-electron chi connectivity index (χ4n) is 0.893. The molecule has 2 N–H and O–H groups in total. The van der Waals surface area contributed by atoms with E-state index in [0.29, 0.717) is 3.79 Å². The quantitative estimate of drug-likeness (QED) is 0.839. The number of hydrogen-bond donors (Lipinski definition) is 2. The Morgan fingerprint density at radius 3 is 2.94 bits per heavy atom. The van der Waals surface area contributed by atoms with E-state index in [-0.39, 0.29) is 17.2 Å². The van der Waals surface area contributed by atoms with E-state index < -0.39 is 12.1 Å². The van der Waals surface area contributed by atoms with E-state index in [2.05, 4.69) is 32.6 Å². The Balaban J connectivity index is 2.76. The molecular weight excluding hydrogens is 298 g/mol. The maximum Gasteiger partial charge on any atom is 0.411 e. The van der Waals surface area contributed by atoms with Gasteiger partial charge in [0.1, 0.15) is 11.5 Å². The molecule has 16 heavy (non-hydrogen) atoms. The van der Waals surface area contributed by atoms with Crippen LogP contribution in [0.4, 0.5) is 10.5 Å². The number of nitrogens with one attached hydrogen (secondary N) is 1. The molecule has 0 aromatic carbocycles. The molecule has 0 unspecified atom stereocenters. The molecule has 0 saturated heterocycles. The predicted molar refractivity (Wildman–Crippen MR) is 64.1 cm³/mol. The Labute approximate surface area is 104 Å². The summed E-state index contributed by atoms with van der Waals surface area (Å²) < 4.78 is 5.28. The molecule has 0 aliphatic carbocycles. The van der Waals surface area contributed by atoms with Crippen LogP contribution in [0.2, 0.25) is 0 Å². The lowest BCUT2D eigenvalue weighted by Crippen LogP contribution is -2.14. The minimum absolute atomic E-state index is 0.0439. The van der Waals surface area contributed by atoms with Crippen LogP contribution in [0.3, 0.4) is 0 Å². The number of anilines is 1. The first-order valence-corrected chi connectivity index (χ1v) is 5.73. The van der Waals surface area contributed by atoms with Crippen molar-refractivity contribution in [2.24, 2.45) is 0 Å². The van der Waals surface area contributed by atoms with Gasteiger partial charge in [-0.05, 0) is 22.0 Å². The van der Waals surface area contributed by atoms with Gasteiger partial charge in [-0.2, -0.15) is 0 Å². The lowest BCUT2D eigenvalue weighted by molar-refractivity contribution is 0.0703. The largest absolute Gasteiger partial charge is 0.477 e. The molecule has 5 nitrogen and oxygen atoms in total. The molecule has 0 aliphatic rings. The molecule has 0 spiro atoms. The molecule has 1 heterocycles. The van der Waals surface area contributed by atoms with Crippen LogP contribution in [0.25, 0.3) is 0 Å². The van der Waals surface area contributed by atoms with Crippen LogP contribution >= 0.6 is 27.3 Å². The Kier molecular flexibility index (Phi) is 4.51. The van der Waals surface area contributed by atoms with E-state index in [4.69, 9.17) is 5.11 Å². The topological polar surface area (TPSA) is 75.6 Å². The molecule has 7 heteroatoms. The highest BCUT2D eigenvalue weighted by Gasteiger charge is 2.16. The number of hydrogen-bond acceptors (Lipinski definition) is 4. The highest BCUT2D eigenvalue weighted by atomic mass is 79.9. The standard InChI is InChI=1S/C9H8BrNO4S/c1-2-3-15-9(14)11-5-4-6(10)16-7(5)8(12)13/h2,4H,1,3H2,(H,11,14)(H,12,13). The number of aromatic carboxylic acids is 1. The number of carbonyl (C=O) groups excluding carboxylic acids is 1. The average Bonchev–Trinajstić information content (AvgIpc) is 2.56. The van der Waals surface area contributed by atoms with Crippen molar-refractivity contribution in [1.29, 1.82) is 0 Å². The zero-order chi connectivity index (χ0) is 12.1.